The maximum Gasteiger partial charge on any atom is 0.416 e. The minimum Gasteiger partial charge on any atom is -0.249 e. The van der Waals surface area contributed by atoms with Crippen LogP contribution in [0.25, 0.3) is 11.3 Å². The molecule has 2 rings (SSSR count). The van der Waals surface area contributed by atoms with Crippen LogP contribution in [0.1, 0.15) is 11.3 Å². The molecule has 102 valence electrons. The summed E-state index contributed by atoms with van der Waals surface area (Å²) in [5.74, 6) is -0.651. The molecule has 2 aromatic rings. The van der Waals surface area contributed by atoms with Gasteiger partial charge in [-0.05, 0) is 24.3 Å². The fourth-order valence-corrected chi connectivity index (χ4v) is 1.70. The van der Waals surface area contributed by atoms with E-state index in [-0.39, 0.29) is 23.4 Å². The van der Waals surface area contributed by atoms with Crippen LogP contribution in [0.4, 0.5) is 17.6 Å². The third-order valence-corrected chi connectivity index (χ3v) is 2.65. The largest absolute Gasteiger partial charge is 0.416 e. The Labute approximate surface area is 112 Å². The summed E-state index contributed by atoms with van der Waals surface area (Å²) < 4.78 is 51.2. The van der Waals surface area contributed by atoms with Gasteiger partial charge in [0.2, 0.25) is 0 Å². The molecule has 0 aliphatic carbocycles. The standard InChI is InChI=1S/C14H8F4N2/c15-11-4-5-12(20-13(11)6-7-19)9-2-1-3-10(8-9)14(16,17)18/h1-5,8H,6H2. The van der Waals surface area contributed by atoms with Crippen LogP contribution in [-0.4, -0.2) is 4.98 Å². The summed E-state index contributed by atoms with van der Waals surface area (Å²) in [6.07, 6.45) is -4.69. The molecule has 0 aliphatic heterocycles. The Bertz CT molecular complexity index is 672. The van der Waals surface area contributed by atoms with E-state index in [2.05, 4.69) is 4.98 Å². The maximum absolute atomic E-state index is 13.3. The number of alkyl halides is 3. The molecule has 0 amide bonds. The first-order valence-corrected chi connectivity index (χ1v) is 5.62. The van der Waals surface area contributed by atoms with Crippen LogP contribution in [0, 0.1) is 17.1 Å². The van der Waals surface area contributed by atoms with E-state index in [1.54, 1.807) is 6.07 Å². The van der Waals surface area contributed by atoms with Gasteiger partial charge in [0, 0.05) is 5.56 Å². The molecule has 0 fully saturated rings. The first-order chi connectivity index (χ1) is 9.41. The summed E-state index contributed by atoms with van der Waals surface area (Å²) in [4.78, 5) is 3.89. The number of hydrogen-bond acceptors (Lipinski definition) is 2. The van der Waals surface area contributed by atoms with E-state index in [0.717, 1.165) is 18.2 Å². The van der Waals surface area contributed by atoms with Gasteiger partial charge in [-0.2, -0.15) is 18.4 Å². The third kappa shape index (κ3) is 2.94. The molecule has 1 aromatic carbocycles. The van der Waals surface area contributed by atoms with Crippen molar-refractivity contribution in [3.05, 3.63) is 53.5 Å². The molecule has 0 unspecified atom stereocenters. The lowest BCUT2D eigenvalue weighted by atomic mass is 10.1. The Hall–Kier alpha value is -2.42. The van der Waals surface area contributed by atoms with Crippen molar-refractivity contribution >= 4 is 0 Å². The summed E-state index contributed by atoms with van der Waals surface area (Å²) in [7, 11) is 0. The summed E-state index contributed by atoms with van der Waals surface area (Å²) in [6, 6.07) is 8.73. The highest BCUT2D eigenvalue weighted by molar-refractivity contribution is 5.60. The molecule has 20 heavy (non-hydrogen) atoms. The van der Waals surface area contributed by atoms with Gasteiger partial charge in [0.1, 0.15) is 5.82 Å². The quantitative estimate of drug-likeness (QED) is 0.780. The Morgan fingerprint density at radius 1 is 1.15 bits per heavy atom. The topological polar surface area (TPSA) is 36.7 Å². The van der Waals surface area contributed by atoms with E-state index in [1.165, 1.54) is 18.2 Å². The molecule has 0 atom stereocenters. The van der Waals surface area contributed by atoms with E-state index < -0.39 is 17.6 Å². The van der Waals surface area contributed by atoms with E-state index in [9.17, 15) is 17.6 Å². The number of aromatic nitrogens is 1. The zero-order valence-electron chi connectivity index (χ0n) is 10.1. The van der Waals surface area contributed by atoms with Crippen molar-refractivity contribution in [1.29, 1.82) is 5.26 Å². The Balaban J connectivity index is 2.47. The van der Waals surface area contributed by atoms with Crippen LogP contribution < -0.4 is 0 Å². The van der Waals surface area contributed by atoms with Crippen LogP contribution in [0.2, 0.25) is 0 Å². The highest BCUT2D eigenvalue weighted by atomic mass is 19.4. The molecular weight excluding hydrogens is 272 g/mol. The van der Waals surface area contributed by atoms with Gasteiger partial charge in [-0.1, -0.05) is 12.1 Å². The van der Waals surface area contributed by atoms with E-state index >= 15 is 0 Å². The average Bonchev–Trinajstić information content (AvgIpc) is 2.41. The normalized spacial score (nSPS) is 11.2. The van der Waals surface area contributed by atoms with Gasteiger partial charge in [-0.3, -0.25) is 0 Å². The second-order valence-corrected chi connectivity index (χ2v) is 4.04. The first kappa shape index (κ1) is 14.0. The predicted molar refractivity (Wildman–Crippen MR) is 64.0 cm³/mol. The number of nitrogens with zero attached hydrogens (tertiary/aromatic N) is 2. The van der Waals surface area contributed by atoms with Gasteiger partial charge in [0.15, 0.2) is 0 Å². The van der Waals surface area contributed by atoms with Gasteiger partial charge in [0.05, 0.1) is 29.4 Å². The van der Waals surface area contributed by atoms with Gasteiger partial charge in [-0.25, -0.2) is 9.37 Å². The number of benzene rings is 1. The van der Waals surface area contributed by atoms with Gasteiger partial charge >= 0.3 is 6.18 Å². The lowest BCUT2D eigenvalue weighted by Gasteiger charge is -2.09. The van der Waals surface area contributed by atoms with Gasteiger partial charge < -0.3 is 0 Å². The Morgan fingerprint density at radius 3 is 2.55 bits per heavy atom. The Kier molecular flexibility index (Phi) is 3.70. The number of nitriles is 1. The molecule has 2 nitrogen and oxygen atoms in total. The monoisotopic (exact) mass is 280 g/mol. The summed E-state index contributed by atoms with van der Waals surface area (Å²) >= 11 is 0. The molecule has 1 aromatic heterocycles. The van der Waals surface area contributed by atoms with Crippen LogP contribution in [-0.2, 0) is 12.6 Å². The van der Waals surface area contributed by atoms with Crippen molar-refractivity contribution in [2.75, 3.05) is 0 Å². The fourth-order valence-electron chi connectivity index (χ4n) is 1.70. The lowest BCUT2D eigenvalue weighted by molar-refractivity contribution is -0.137. The van der Waals surface area contributed by atoms with Crippen LogP contribution in [0.5, 0.6) is 0 Å². The highest BCUT2D eigenvalue weighted by Gasteiger charge is 2.30. The maximum atomic E-state index is 13.3. The third-order valence-electron chi connectivity index (χ3n) is 2.65. The lowest BCUT2D eigenvalue weighted by Crippen LogP contribution is -2.05. The fraction of sp³-hybridized carbons (Fsp3) is 0.143. The molecule has 0 aliphatic rings. The molecule has 0 saturated heterocycles. The van der Waals surface area contributed by atoms with E-state index in [0.29, 0.717) is 0 Å². The van der Waals surface area contributed by atoms with Crippen molar-refractivity contribution in [3.63, 3.8) is 0 Å². The van der Waals surface area contributed by atoms with E-state index in [1.807, 2.05) is 0 Å². The van der Waals surface area contributed by atoms with Crippen LogP contribution in [0.3, 0.4) is 0 Å². The first-order valence-electron chi connectivity index (χ1n) is 5.62. The summed E-state index contributed by atoms with van der Waals surface area (Å²) in [5, 5.41) is 8.55. The minimum atomic E-state index is -4.45. The number of hydrogen-bond donors (Lipinski definition) is 0. The summed E-state index contributed by atoms with van der Waals surface area (Å²) in [6.45, 7) is 0. The van der Waals surface area contributed by atoms with Crippen molar-refractivity contribution in [1.82, 2.24) is 4.98 Å². The molecule has 0 N–H and O–H groups in total. The van der Waals surface area contributed by atoms with Crippen LogP contribution >= 0.6 is 0 Å². The molecule has 6 heteroatoms. The highest BCUT2D eigenvalue weighted by Crippen LogP contribution is 2.31. The van der Waals surface area contributed by atoms with Crippen molar-refractivity contribution in [2.24, 2.45) is 0 Å². The molecule has 0 spiro atoms. The van der Waals surface area contributed by atoms with Crippen molar-refractivity contribution < 1.29 is 17.6 Å². The summed E-state index contributed by atoms with van der Waals surface area (Å²) in [5.41, 5.74) is -0.466. The molecule has 1 heterocycles. The van der Waals surface area contributed by atoms with Crippen molar-refractivity contribution in [2.45, 2.75) is 12.6 Å². The number of rotatable bonds is 2. The van der Waals surface area contributed by atoms with E-state index in [4.69, 9.17) is 5.26 Å². The smallest absolute Gasteiger partial charge is 0.249 e. The zero-order valence-corrected chi connectivity index (χ0v) is 10.1. The Morgan fingerprint density at radius 2 is 1.90 bits per heavy atom. The van der Waals surface area contributed by atoms with Crippen molar-refractivity contribution in [3.8, 4) is 17.3 Å². The minimum absolute atomic E-state index is 0.0811. The SMILES string of the molecule is N#CCc1nc(-c2cccc(C(F)(F)F)c2)ccc1F. The molecule has 0 bridgehead atoms. The average molecular weight is 280 g/mol. The van der Waals surface area contributed by atoms with Gasteiger partial charge in [-0.15, -0.1) is 0 Å². The second kappa shape index (κ2) is 5.29. The molecular formula is C14H8F4N2. The zero-order chi connectivity index (χ0) is 14.8. The molecule has 0 radical (unpaired) electrons. The number of halogens is 4. The predicted octanol–water partition coefficient (Wildman–Crippen LogP) is 3.97. The molecule has 0 saturated carbocycles. The van der Waals surface area contributed by atoms with Crippen LogP contribution in [0.15, 0.2) is 36.4 Å². The van der Waals surface area contributed by atoms with Gasteiger partial charge in [0.25, 0.3) is 0 Å². The second-order valence-electron chi connectivity index (χ2n) is 4.04. The number of pyridine rings is 1.